The first kappa shape index (κ1) is 13.3. The molecular formula is C15H13ClN2OS. The third-order valence-electron chi connectivity index (χ3n) is 3.40. The lowest BCUT2D eigenvalue weighted by Crippen LogP contribution is -1.93. The van der Waals surface area contributed by atoms with Crippen LogP contribution in [-0.2, 0) is 0 Å². The molecule has 2 aromatic heterocycles. The highest BCUT2D eigenvalue weighted by Gasteiger charge is 2.18. The van der Waals surface area contributed by atoms with Crippen LogP contribution in [0.4, 0.5) is 0 Å². The number of aromatic nitrogens is 2. The zero-order valence-electron chi connectivity index (χ0n) is 11.4. The van der Waals surface area contributed by atoms with Gasteiger partial charge in [-0.2, -0.15) is 0 Å². The molecule has 3 nitrogen and oxygen atoms in total. The third-order valence-corrected chi connectivity index (χ3v) is 4.83. The number of fused-ring (bicyclic) bond motifs is 1. The maximum Gasteiger partial charge on any atom is 0.129 e. The number of hydrogen-bond donors (Lipinski definition) is 0. The van der Waals surface area contributed by atoms with Crippen molar-refractivity contribution in [3.05, 3.63) is 40.0 Å². The van der Waals surface area contributed by atoms with E-state index in [4.69, 9.17) is 16.3 Å². The summed E-state index contributed by atoms with van der Waals surface area (Å²) in [4.78, 5) is 11.0. The van der Waals surface area contributed by atoms with Gasteiger partial charge in [0, 0.05) is 10.3 Å². The lowest BCUT2D eigenvalue weighted by atomic mass is 10.0. The Kier molecular flexibility index (Phi) is 3.36. The predicted octanol–water partition coefficient (Wildman–Crippen LogP) is 4.64. The number of hydrogen-bond acceptors (Lipinski definition) is 4. The Labute approximate surface area is 126 Å². The molecule has 0 bridgehead atoms. The first-order valence-electron chi connectivity index (χ1n) is 6.17. The fourth-order valence-corrected chi connectivity index (χ4v) is 3.53. The molecule has 2 heterocycles. The Bertz CT molecular complexity index is 798. The summed E-state index contributed by atoms with van der Waals surface area (Å²) >= 11 is 8.04. The molecule has 0 fully saturated rings. The van der Waals surface area contributed by atoms with Gasteiger partial charge in [-0.1, -0.05) is 17.7 Å². The largest absolute Gasteiger partial charge is 0.496 e. The highest BCUT2D eigenvalue weighted by Crippen LogP contribution is 2.41. The molecule has 0 atom stereocenters. The number of aryl methyl sites for hydroxylation is 2. The maximum absolute atomic E-state index is 6.37. The van der Waals surface area contributed by atoms with Gasteiger partial charge in [0.2, 0.25) is 0 Å². The molecule has 0 N–H and O–H groups in total. The fourth-order valence-electron chi connectivity index (χ4n) is 2.28. The normalized spacial score (nSPS) is 11.0. The van der Waals surface area contributed by atoms with E-state index in [9.17, 15) is 0 Å². The molecule has 0 saturated carbocycles. The lowest BCUT2D eigenvalue weighted by molar-refractivity contribution is 0.416. The standard InChI is InChI=1S/C15H13ClN2OS/c1-8-9(2)20-15-12(8)14(17-7-18-15)13-10(16)5-4-6-11(13)19-3/h4-7H,1-3H3. The SMILES string of the molecule is COc1cccc(Cl)c1-c1ncnc2sc(C)c(C)c12. The molecular weight excluding hydrogens is 292 g/mol. The van der Waals surface area contributed by atoms with Crippen molar-refractivity contribution in [2.45, 2.75) is 13.8 Å². The van der Waals surface area contributed by atoms with Gasteiger partial charge in [0.1, 0.15) is 16.9 Å². The Balaban J connectivity index is 2.41. The van der Waals surface area contributed by atoms with Crippen molar-refractivity contribution < 1.29 is 4.74 Å². The van der Waals surface area contributed by atoms with Crippen molar-refractivity contribution in [3.8, 4) is 17.0 Å². The van der Waals surface area contributed by atoms with Crippen molar-refractivity contribution in [3.63, 3.8) is 0 Å². The Morgan fingerprint density at radius 1 is 1.20 bits per heavy atom. The van der Waals surface area contributed by atoms with Gasteiger partial charge >= 0.3 is 0 Å². The fraction of sp³-hybridized carbons (Fsp3) is 0.200. The first-order valence-corrected chi connectivity index (χ1v) is 7.36. The first-order chi connectivity index (χ1) is 9.63. The molecule has 3 rings (SSSR count). The Morgan fingerprint density at radius 2 is 2.00 bits per heavy atom. The van der Waals surface area contributed by atoms with Crippen LogP contribution < -0.4 is 4.74 Å². The van der Waals surface area contributed by atoms with Gasteiger partial charge in [0.15, 0.2) is 0 Å². The monoisotopic (exact) mass is 304 g/mol. The van der Waals surface area contributed by atoms with Gasteiger partial charge in [0.25, 0.3) is 0 Å². The Morgan fingerprint density at radius 3 is 2.75 bits per heavy atom. The number of thiophene rings is 1. The zero-order valence-corrected chi connectivity index (χ0v) is 13.0. The van der Waals surface area contributed by atoms with Crippen molar-refractivity contribution >= 4 is 33.2 Å². The molecule has 0 unspecified atom stereocenters. The quantitative estimate of drug-likeness (QED) is 0.692. The van der Waals surface area contributed by atoms with Crippen LogP contribution in [-0.4, -0.2) is 17.1 Å². The van der Waals surface area contributed by atoms with Crippen LogP contribution in [0.1, 0.15) is 10.4 Å². The van der Waals surface area contributed by atoms with Crippen molar-refractivity contribution in [2.75, 3.05) is 7.11 Å². The summed E-state index contributed by atoms with van der Waals surface area (Å²) in [6, 6.07) is 5.61. The smallest absolute Gasteiger partial charge is 0.129 e. The summed E-state index contributed by atoms with van der Waals surface area (Å²) in [6.45, 7) is 4.18. The molecule has 102 valence electrons. The van der Waals surface area contributed by atoms with Crippen LogP contribution in [0, 0.1) is 13.8 Å². The summed E-state index contributed by atoms with van der Waals surface area (Å²) in [5.41, 5.74) is 2.85. The van der Waals surface area contributed by atoms with E-state index in [-0.39, 0.29) is 0 Å². The molecule has 0 amide bonds. The van der Waals surface area contributed by atoms with Crippen molar-refractivity contribution in [1.82, 2.24) is 9.97 Å². The van der Waals surface area contributed by atoms with Gasteiger partial charge in [-0.25, -0.2) is 9.97 Å². The summed E-state index contributed by atoms with van der Waals surface area (Å²) in [7, 11) is 1.64. The number of benzene rings is 1. The summed E-state index contributed by atoms with van der Waals surface area (Å²) in [5.74, 6) is 0.723. The van der Waals surface area contributed by atoms with Crippen LogP contribution in [0.3, 0.4) is 0 Å². The second-order valence-corrected chi connectivity index (χ2v) is 6.11. The second kappa shape index (κ2) is 5.04. The van der Waals surface area contributed by atoms with E-state index in [1.54, 1.807) is 24.8 Å². The van der Waals surface area contributed by atoms with E-state index in [0.717, 1.165) is 27.2 Å². The third kappa shape index (κ3) is 1.96. The molecule has 0 aliphatic rings. The summed E-state index contributed by atoms with van der Waals surface area (Å²) in [6.07, 6.45) is 1.58. The van der Waals surface area contributed by atoms with Crippen molar-refractivity contribution in [2.24, 2.45) is 0 Å². The van der Waals surface area contributed by atoms with Gasteiger partial charge < -0.3 is 4.74 Å². The summed E-state index contributed by atoms with van der Waals surface area (Å²) in [5, 5.41) is 1.69. The molecule has 0 spiro atoms. The van der Waals surface area contributed by atoms with Crippen LogP contribution in [0.15, 0.2) is 24.5 Å². The lowest BCUT2D eigenvalue weighted by Gasteiger charge is -2.11. The second-order valence-electron chi connectivity index (χ2n) is 4.50. The molecule has 1 aromatic carbocycles. The molecule has 0 aliphatic carbocycles. The predicted molar refractivity (Wildman–Crippen MR) is 83.9 cm³/mol. The average Bonchev–Trinajstić information content (AvgIpc) is 2.74. The van der Waals surface area contributed by atoms with E-state index >= 15 is 0 Å². The van der Waals surface area contributed by atoms with E-state index in [0.29, 0.717) is 5.02 Å². The number of ether oxygens (including phenoxy) is 1. The number of rotatable bonds is 2. The van der Waals surface area contributed by atoms with Gasteiger partial charge in [-0.05, 0) is 31.5 Å². The topological polar surface area (TPSA) is 35.0 Å². The molecule has 5 heteroatoms. The minimum atomic E-state index is 0.632. The molecule has 3 aromatic rings. The number of methoxy groups -OCH3 is 1. The van der Waals surface area contributed by atoms with Gasteiger partial charge in [0.05, 0.1) is 23.4 Å². The van der Waals surface area contributed by atoms with E-state index in [2.05, 4.69) is 23.8 Å². The van der Waals surface area contributed by atoms with E-state index < -0.39 is 0 Å². The van der Waals surface area contributed by atoms with Crippen molar-refractivity contribution in [1.29, 1.82) is 0 Å². The van der Waals surface area contributed by atoms with Gasteiger partial charge in [-0.15, -0.1) is 11.3 Å². The molecule has 0 saturated heterocycles. The van der Waals surface area contributed by atoms with E-state index in [1.807, 2.05) is 18.2 Å². The molecule has 20 heavy (non-hydrogen) atoms. The summed E-state index contributed by atoms with van der Waals surface area (Å²) < 4.78 is 5.43. The Hall–Kier alpha value is -1.65. The van der Waals surface area contributed by atoms with E-state index in [1.165, 1.54) is 10.4 Å². The highest BCUT2D eigenvalue weighted by atomic mass is 35.5. The molecule has 0 aliphatic heterocycles. The average molecular weight is 305 g/mol. The zero-order chi connectivity index (χ0) is 14.3. The highest BCUT2D eigenvalue weighted by molar-refractivity contribution is 7.18. The minimum absolute atomic E-state index is 0.632. The van der Waals surface area contributed by atoms with Crippen LogP contribution in [0.2, 0.25) is 5.02 Å². The van der Waals surface area contributed by atoms with Crippen LogP contribution in [0.25, 0.3) is 21.5 Å². The number of halogens is 1. The van der Waals surface area contributed by atoms with Crippen LogP contribution in [0.5, 0.6) is 5.75 Å². The van der Waals surface area contributed by atoms with Gasteiger partial charge in [-0.3, -0.25) is 0 Å². The maximum atomic E-state index is 6.37. The van der Waals surface area contributed by atoms with Crippen LogP contribution >= 0.6 is 22.9 Å². The molecule has 0 radical (unpaired) electrons. The minimum Gasteiger partial charge on any atom is -0.496 e. The number of nitrogens with zero attached hydrogens (tertiary/aromatic N) is 2.